The van der Waals surface area contributed by atoms with Gasteiger partial charge < -0.3 is 9.88 Å². The molecule has 3 nitrogen and oxygen atoms in total. The fourth-order valence-corrected chi connectivity index (χ4v) is 6.57. The molecule has 2 aromatic carbocycles. The molecule has 6 heteroatoms. The van der Waals surface area contributed by atoms with Crippen molar-refractivity contribution in [1.82, 2.24) is 9.88 Å². The average molecular weight is 414 g/mol. The third-order valence-electron chi connectivity index (χ3n) is 5.69. The number of fused-ring (bicyclic) bond motifs is 2. The number of hydrogen-bond acceptors (Lipinski definition) is 4. The fraction of sp³-hybridized carbons (Fsp3) is 0.364. The topological polar surface area (TPSA) is 22.3 Å². The standard InChI is InChI=1S/C22H24FN3S2/c23-17-4-5-19-18(14-17)16(15-24-19)6-7-25-8-10-26(11-9-25)20-2-1-3-21-22(20)28-13-12-27-21/h1-5,14-15,24H,6-13H2. The number of rotatable bonds is 4. The van der Waals surface area contributed by atoms with Gasteiger partial charge in [-0.3, -0.25) is 4.90 Å². The number of hydrogen-bond donors (Lipinski definition) is 1. The van der Waals surface area contributed by atoms with Crippen LogP contribution in [0.25, 0.3) is 10.9 Å². The summed E-state index contributed by atoms with van der Waals surface area (Å²) in [5.41, 5.74) is 3.65. The molecule has 0 bridgehead atoms. The van der Waals surface area contributed by atoms with Crippen molar-refractivity contribution >= 4 is 40.1 Å². The number of aromatic amines is 1. The molecule has 0 spiro atoms. The van der Waals surface area contributed by atoms with Gasteiger partial charge in [-0.25, -0.2) is 4.39 Å². The van der Waals surface area contributed by atoms with Crippen molar-refractivity contribution < 1.29 is 4.39 Å². The molecule has 0 aliphatic carbocycles. The molecule has 0 atom stereocenters. The second-order valence-corrected chi connectivity index (χ2v) is 9.63. The summed E-state index contributed by atoms with van der Waals surface area (Å²) in [4.78, 5) is 11.3. The van der Waals surface area contributed by atoms with Gasteiger partial charge in [0.2, 0.25) is 0 Å². The lowest BCUT2D eigenvalue weighted by atomic mass is 10.1. The highest BCUT2D eigenvalue weighted by Crippen LogP contribution is 2.42. The molecule has 2 aliphatic heterocycles. The van der Waals surface area contributed by atoms with Gasteiger partial charge in [0.1, 0.15) is 5.82 Å². The van der Waals surface area contributed by atoms with Crippen LogP contribution in [0.1, 0.15) is 5.56 Å². The zero-order chi connectivity index (χ0) is 18.9. The van der Waals surface area contributed by atoms with Crippen LogP contribution in [0.4, 0.5) is 10.1 Å². The lowest BCUT2D eigenvalue weighted by Gasteiger charge is -2.37. The maximum absolute atomic E-state index is 13.6. The molecule has 3 heterocycles. The lowest BCUT2D eigenvalue weighted by molar-refractivity contribution is 0.261. The van der Waals surface area contributed by atoms with Crippen LogP contribution in [0.3, 0.4) is 0 Å². The third-order valence-corrected chi connectivity index (χ3v) is 8.26. The van der Waals surface area contributed by atoms with E-state index in [1.54, 1.807) is 6.07 Å². The van der Waals surface area contributed by atoms with Crippen molar-refractivity contribution in [2.45, 2.75) is 16.2 Å². The molecule has 1 aromatic heterocycles. The second kappa shape index (κ2) is 8.01. The number of anilines is 1. The first kappa shape index (κ1) is 18.4. The number of halogens is 1. The Morgan fingerprint density at radius 3 is 2.75 bits per heavy atom. The summed E-state index contributed by atoms with van der Waals surface area (Å²) in [7, 11) is 0. The van der Waals surface area contributed by atoms with E-state index in [9.17, 15) is 4.39 Å². The Morgan fingerprint density at radius 2 is 1.86 bits per heavy atom. The fourth-order valence-electron chi connectivity index (χ4n) is 4.16. The third kappa shape index (κ3) is 3.65. The zero-order valence-corrected chi connectivity index (χ0v) is 17.4. The molecule has 0 radical (unpaired) electrons. The van der Waals surface area contributed by atoms with Gasteiger partial charge in [-0.05, 0) is 42.3 Å². The van der Waals surface area contributed by atoms with E-state index in [0.29, 0.717) is 0 Å². The Hall–Kier alpha value is -1.63. The Balaban J connectivity index is 1.21. The van der Waals surface area contributed by atoms with Gasteiger partial charge in [-0.15, -0.1) is 23.5 Å². The van der Waals surface area contributed by atoms with Crippen molar-refractivity contribution in [3.63, 3.8) is 0 Å². The Kier molecular flexibility index (Phi) is 5.26. The van der Waals surface area contributed by atoms with Crippen LogP contribution in [0.2, 0.25) is 0 Å². The highest BCUT2D eigenvalue weighted by atomic mass is 32.2. The monoisotopic (exact) mass is 413 g/mol. The Morgan fingerprint density at radius 1 is 1.00 bits per heavy atom. The first-order valence-electron chi connectivity index (χ1n) is 9.89. The Bertz CT molecular complexity index is 979. The number of H-pyrrole nitrogens is 1. The number of nitrogens with zero attached hydrogens (tertiary/aromatic N) is 2. The predicted molar refractivity (Wildman–Crippen MR) is 119 cm³/mol. The minimum Gasteiger partial charge on any atom is -0.368 e. The Labute approximate surface area is 173 Å². The summed E-state index contributed by atoms with van der Waals surface area (Å²) in [5, 5.41) is 1.02. The highest BCUT2D eigenvalue weighted by Gasteiger charge is 2.22. The molecule has 0 unspecified atom stereocenters. The van der Waals surface area contributed by atoms with Gasteiger partial charge in [0, 0.05) is 71.1 Å². The molecular weight excluding hydrogens is 389 g/mol. The van der Waals surface area contributed by atoms with E-state index < -0.39 is 0 Å². The normalized spacial score (nSPS) is 17.8. The summed E-state index contributed by atoms with van der Waals surface area (Å²) < 4.78 is 13.6. The molecule has 5 rings (SSSR count). The van der Waals surface area contributed by atoms with Crippen LogP contribution < -0.4 is 4.90 Å². The first-order chi connectivity index (χ1) is 13.8. The predicted octanol–water partition coefficient (Wildman–Crippen LogP) is 4.87. The molecule has 2 aliphatic rings. The number of nitrogens with one attached hydrogen (secondary N) is 1. The zero-order valence-electron chi connectivity index (χ0n) is 15.8. The van der Waals surface area contributed by atoms with Gasteiger partial charge in [0.25, 0.3) is 0 Å². The summed E-state index contributed by atoms with van der Waals surface area (Å²) in [6.07, 6.45) is 2.99. The summed E-state index contributed by atoms with van der Waals surface area (Å²) >= 11 is 4.00. The minimum atomic E-state index is -0.163. The minimum absolute atomic E-state index is 0.163. The van der Waals surface area contributed by atoms with E-state index in [1.165, 1.54) is 38.6 Å². The van der Waals surface area contributed by atoms with Crippen LogP contribution >= 0.6 is 23.5 Å². The van der Waals surface area contributed by atoms with Crippen molar-refractivity contribution in [2.75, 3.05) is 49.1 Å². The number of aromatic nitrogens is 1. The van der Waals surface area contributed by atoms with E-state index in [1.807, 2.05) is 35.8 Å². The van der Waals surface area contributed by atoms with Crippen molar-refractivity contribution in [3.05, 3.63) is 54.0 Å². The van der Waals surface area contributed by atoms with Gasteiger partial charge in [-0.1, -0.05) is 6.07 Å². The second-order valence-electron chi connectivity index (χ2n) is 7.38. The largest absolute Gasteiger partial charge is 0.368 e. The van der Waals surface area contributed by atoms with Crippen molar-refractivity contribution in [1.29, 1.82) is 0 Å². The molecular formula is C22H24FN3S2. The van der Waals surface area contributed by atoms with Crippen LogP contribution in [0.15, 0.2) is 52.4 Å². The molecule has 1 N–H and O–H groups in total. The molecule has 0 saturated carbocycles. The molecule has 0 amide bonds. The van der Waals surface area contributed by atoms with Crippen LogP contribution in [-0.2, 0) is 6.42 Å². The lowest BCUT2D eigenvalue weighted by Crippen LogP contribution is -2.47. The average Bonchev–Trinajstić information content (AvgIpc) is 3.14. The van der Waals surface area contributed by atoms with Crippen LogP contribution in [0.5, 0.6) is 0 Å². The number of benzene rings is 2. The summed E-state index contributed by atoms with van der Waals surface area (Å²) in [6.45, 7) is 5.33. The van der Waals surface area contributed by atoms with Crippen molar-refractivity contribution in [2.24, 2.45) is 0 Å². The van der Waals surface area contributed by atoms with Gasteiger partial charge in [0.15, 0.2) is 0 Å². The quantitative estimate of drug-likeness (QED) is 0.659. The molecule has 28 heavy (non-hydrogen) atoms. The molecule has 146 valence electrons. The first-order valence-corrected chi connectivity index (χ1v) is 11.9. The maximum Gasteiger partial charge on any atom is 0.123 e. The van der Waals surface area contributed by atoms with Crippen LogP contribution in [-0.4, -0.2) is 54.1 Å². The van der Waals surface area contributed by atoms with E-state index in [2.05, 4.69) is 33.0 Å². The summed E-state index contributed by atoms with van der Waals surface area (Å²) in [6, 6.07) is 11.7. The van der Waals surface area contributed by atoms with E-state index in [0.717, 1.165) is 50.0 Å². The number of thioether (sulfide) groups is 2. The number of piperazine rings is 1. The van der Waals surface area contributed by atoms with Gasteiger partial charge in [-0.2, -0.15) is 0 Å². The smallest absolute Gasteiger partial charge is 0.123 e. The van der Waals surface area contributed by atoms with E-state index in [-0.39, 0.29) is 5.82 Å². The maximum atomic E-state index is 13.6. The van der Waals surface area contributed by atoms with E-state index >= 15 is 0 Å². The molecule has 1 saturated heterocycles. The van der Waals surface area contributed by atoms with Gasteiger partial charge in [0.05, 0.1) is 5.69 Å². The highest BCUT2D eigenvalue weighted by molar-refractivity contribution is 8.05. The molecule has 1 fully saturated rings. The summed E-state index contributed by atoms with van der Waals surface area (Å²) in [5.74, 6) is 2.26. The van der Waals surface area contributed by atoms with Crippen molar-refractivity contribution in [3.8, 4) is 0 Å². The van der Waals surface area contributed by atoms with E-state index in [4.69, 9.17) is 0 Å². The molecule has 3 aromatic rings. The van der Waals surface area contributed by atoms with Crippen LogP contribution in [0, 0.1) is 5.82 Å². The van der Waals surface area contributed by atoms with Gasteiger partial charge >= 0.3 is 0 Å². The SMILES string of the molecule is Fc1ccc2[nH]cc(CCN3CCN(c4cccc5c4SCCS5)CC3)c2c1.